The van der Waals surface area contributed by atoms with Gasteiger partial charge in [-0.15, -0.1) is 0 Å². The maximum Gasteiger partial charge on any atom is 0.149 e. The van der Waals surface area contributed by atoms with E-state index in [0.29, 0.717) is 28.2 Å². The minimum absolute atomic E-state index is 0.0216. The maximum absolute atomic E-state index is 11.5. The zero-order chi connectivity index (χ0) is 51.9. The van der Waals surface area contributed by atoms with Crippen LogP contribution >= 0.6 is 0 Å². The predicted octanol–water partition coefficient (Wildman–Crippen LogP) is 15.7. The van der Waals surface area contributed by atoms with E-state index in [2.05, 4.69) is 140 Å². The molecule has 0 aliphatic carbocycles. The van der Waals surface area contributed by atoms with Gasteiger partial charge in [-0.25, -0.2) is 4.98 Å². The molecule has 0 fully saturated rings. The van der Waals surface area contributed by atoms with Crippen LogP contribution in [0.2, 0.25) is 0 Å². The fourth-order valence-electron chi connectivity index (χ4n) is 8.04. The van der Waals surface area contributed by atoms with Crippen LogP contribution in [0, 0.1) is 0 Å². The van der Waals surface area contributed by atoms with Crippen molar-refractivity contribution in [2.75, 3.05) is 0 Å². The first-order valence-corrected chi connectivity index (χ1v) is 21.2. The molecule has 0 aliphatic heterocycles. The smallest absolute Gasteiger partial charge is 0.149 e. The Morgan fingerprint density at radius 3 is 1.71 bits per heavy atom. The molecular weight excluding hydrogens is 755 g/mol. The molecule has 4 nitrogen and oxygen atoms in total. The average Bonchev–Trinajstić information content (AvgIpc) is 3.66. The molecule has 0 radical (unpaired) electrons. The summed E-state index contributed by atoms with van der Waals surface area (Å²) in [6.45, 7) is 9.65. The molecule has 1 N–H and O–H groups in total. The molecule has 8 aromatic rings. The summed E-state index contributed by atoms with van der Waals surface area (Å²) in [7, 11) is 0. The van der Waals surface area contributed by atoms with Gasteiger partial charge in [0.15, 0.2) is 0 Å². The van der Waals surface area contributed by atoms with E-state index in [-0.39, 0.29) is 27.6 Å². The van der Waals surface area contributed by atoms with Crippen LogP contribution in [0.25, 0.3) is 72.7 Å². The lowest BCUT2D eigenvalue weighted by molar-refractivity contribution is 0.477. The Labute approximate surface area is 382 Å². The van der Waals surface area contributed by atoms with Crippen molar-refractivity contribution in [3.63, 3.8) is 0 Å². The van der Waals surface area contributed by atoms with Crippen molar-refractivity contribution in [1.82, 2.24) is 14.5 Å². The number of hydrogen-bond donors (Lipinski definition) is 1. The molecule has 62 heavy (non-hydrogen) atoms. The zero-order valence-electron chi connectivity index (χ0n) is 46.1. The number of benzene rings is 6. The summed E-state index contributed by atoms with van der Waals surface area (Å²) in [5.74, 6) is 0.694. The highest BCUT2D eigenvalue weighted by Gasteiger charge is 2.25. The second-order valence-electron chi connectivity index (χ2n) is 19.6. The highest BCUT2D eigenvalue weighted by atomic mass is 16.3. The van der Waals surface area contributed by atoms with E-state index >= 15 is 0 Å². The molecule has 0 unspecified atom stereocenters. The Morgan fingerprint density at radius 1 is 0.468 bits per heavy atom. The number of rotatable bonds is 6. The van der Waals surface area contributed by atoms with Gasteiger partial charge in [-0.2, -0.15) is 0 Å². The lowest BCUT2D eigenvalue weighted by atomic mass is 9.83. The van der Waals surface area contributed by atoms with E-state index < -0.39 is 26.0 Å². The van der Waals surface area contributed by atoms with E-state index in [4.69, 9.17) is 22.3 Å². The Bertz CT molecular complexity index is 3230. The van der Waals surface area contributed by atoms with Crippen LogP contribution in [0.3, 0.4) is 0 Å². The number of para-hydroxylation sites is 2. The normalized spacial score (nSPS) is 15.3. The fourth-order valence-corrected chi connectivity index (χ4v) is 8.04. The van der Waals surface area contributed by atoms with Crippen LogP contribution in [0.5, 0.6) is 5.75 Å². The molecule has 2 heterocycles. The van der Waals surface area contributed by atoms with Gasteiger partial charge in [0, 0.05) is 35.2 Å². The molecule has 0 amide bonds. The van der Waals surface area contributed by atoms with Gasteiger partial charge in [0.1, 0.15) is 11.6 Å². The number of nitrogens with zero attached hydrogens (tertiary/aromatic N) is 3. The first-order valence-electron chi connectivity index (χ1n) is 25.7. The van der Waals surface area contributed by atoms with Crippen molar-refractivity contribution in [3.05, 3.63) is 168 Å². The Morgan fingerprint density at radius 2 is 1.06 bits per heavy atom. The lowest BCUT2D eigenvalue weighted by Gasteiger charge is -2.24. The van der Waals surface area contributed by atoms with Gasteiger partial charge in [0.2, 0.25) is 0 Å². The third-order valence-electron chi connectivity index (χ3n) is 11.8. The Kier molecular flexibility index (Phi) is 8.15. The minimum atomic E-state index is -3.36. The van der Waals surface area contributed by atoms with E-state index in [1.54, 1.807) is 36.5 Å². The van der Waals surface area contributed by atoms with Gasteiger partial charge < -0.3 is 5.11 Å². The van der Waals surface area contributed by atoms with Crippen LogP contribution in [-0.2, 0) is 21.7 Å². The first kappa shape index (κ1) is 32.5. The topological polar surface area (TPSA) is 50.9 Å². The van der Waals surface area contributed by atoms with Crippen molar-refractivity contribution in [2.45, 2.75) is 105 Å². The van der Waals surface area contributed by atoms with Crippen molar-refractivity contribution in [2.24, 2.45) is 0 Å². The summed E-state index contributed by atoms with van der Waals surface area (Å²) in [5, 5.41) is 11.5. The highest BCUT2D eigenvalue weighted by molar-refractivity contribution is 5.97. The largest absolute Gasteiger partial charge is 0.507 e. The quantitative estimate of drug-likeness (QED) is 0.182. The van der Waals surface area contributed by atoms with Gasteiger partial charge >= 0.3 is 0 Å². The molecule has 0 saturated heterocycles. The minimum Gasteiger partial charge on any atom is -0.507 e. The second kappa shape index (κ2) is 15.6. The van der Waals surface area contributed by atoms with E-state index in [9.17, 15) is 5.11 Å². The first-order chi connectivity index (χ1) is 32.9. The van der Waals surface area contributed by atoms with E-state index in [0.717, 1.165) is 50.1 Å². The summed E-state index contributed by atoms with van der Waals surface area (Å²) in [5.41, 5.74) is 9.37. The van der Waals surface area contributed by atoms with E-state index in [1.165, 1.54) is 23.3 Å². The number of aromatic nitrogens is 3. The number of imidazole rings is 1. The third kappa shape index (κ3) is 8.36. The van der Waals surface area contributed by atoms with Crippen LogP contribution in [0.15, 0.2) is 146 Å². The molecule has 0 bridgehead atoms. The van der Waals surface area contributed by atoms with Gasteiger partial charge in [-0.05, 0) is 121 Å². The highest BCUT2D eigenvalue weighted by Crippen LogP contribution is 2.43. The molecule has 8 rings (SSSR count). The monoisotopic (exact) mass is 825 g/mol. The number of aromatic hydroxyl groups is 1. The van der Waals surface area contributed by atoms with Crippen LogP contribution < -0.4 is 0 Å². The van der Waals surface area contributed by atoms with Crippen molar-refractivity contribution >= 4 is 11.0 Å². The van der Waals surface area contributed by atoms with E-state index in [1.807, 2.05) is 24.3 Å². The van der Waals surface area contributed by atoms with Crippen LogP contribution in [0.1, 0.15) is 117 Å². The third-order valence-corrected chi connectivity index (χ3v) is 11.8. The molecule has 0 saturated carbocycles. The second-order valence-corrected chi connectivity index (χ2v) is 19.6. The number of phenols is 1. The molecule has 314 valence electrons. The molecule has 0 spiro atoms. The molecule has 2 aromatic heterocycles. The molecule has 4 heteroatoms. The van der Waals surface area contributed by atoms with Gasteiger partial charge in [-0.1, -0.05) is 168 Å². The Balaban J connectivity index is 1.31. The molecule has 0 atom stereocenters. The number of hydrogen-bond acceptors (Lipinski definition) is 3. The van der Waals surface area contributed by atoms with Crippen molar-refractivity contribution in [3.8, 4) is 67.5 Å². The Hall–Kier alpha value is -6.26. The molecular formula is C58H61N3O. The standard InChI is InChI=1S/C58H61N3O/c1-55(2,3)42-24-20-37(21-25-42)39-30-31-59-49(35-39)41-32-40(33-45(34-41)58(10,11)12)46-17-15-18-51-53(46)60-54(47-16-13-14-19-52(47)62)61(51)50-29-28-44(57(7,8)9)36-48(50)38-22-26-43(27-23-38)56(4,5)6/h13-36,62H,1-12H3/i1D3,2D3,3D3. The summed E-state index contributed by atoms with van der Waals surface area (Å²) >= 11 is 0. The van der Waals surface area contributed by atoms with Crippen molar-refractivity contribution in [1.29, 1.82) is 0 Å². The SMILES string of the molecule is [2H]C([2H])([2H])C(c1ccc(-c2ccnc(-c3cc(-c4cccc5c4nc(-c4ccccc4O)n5-c4ccc(C(C)(C)C)cc4-c4ccc(C(C)(C)C)cc4)cc(C(C)(C)C)c3)c2)cc1)(C([2H])([2H])[2H])C([2H])([2H])[2H]. The number of phenolic OH excluding ortho intramolecular Hbond substituents is 1. The average molecular weight is 825 g/mol. The predicted molar refractivity (Wildman–Crippen MR) is 263 cm³/mol. The van der Waals surface area contributed by atoms with Crippen LogP contribution in [-0.4, -0.2) is 19.6 Å². The summed E-state index contributed by atoms with van der Waals surface area (Å²) in [4.78, 5) is 10.3. The van der Waals surface area contributed by atoms with Crippen molar-refractivity contribution < 1.29 is 17.4 Å². The maximum atomic E-state index is 11.5. The molecule has 0 aliphatic rings. The molecule has 6 aromatic carbocycles. The number of fused-ring (bicyclic) bond motifs is 1. The summed E-state index contributed by atoms with van der Waals surface area (Å²) in [6.07, 6.45) is 1.68. The number of pyridine rings is 1. The lowest BCUT2D eigenvalue weighted by Crippen LogP contribution is -2.12. The summed E-state index contributed by atoms with van der Waals surface area (Å²) in [6, 6.07) is 44.7. The van der Waals surface area contributed by atoms with Gasteiger partial charge in [0.05, 0.1) is 28.0 Å². The zero-order valence-corrected chi connectivity index (χ0v) is 37.1. The fraction of sp³-hybridized carbons (Fsp3) is 0.276. The van der Waals surface area contributed by atoms with Crippen LogP contribution in [0.4, 0.5) is 0 Å². The van der Waals surface area contributed by atoms with Gasteiger partial charge in [-0.3, -0.25) is 9.55 Å². The van der Waals surface area contributed by atoms with Gasteiger partial charge in [0.25, 0.3) is 0 Å². The summed E-state index contributed by atoms with van der Waals surface area (Å²) < 4.78 is 75.9.